The zero-order valence-corrected chi connectivity index (χ0v) is 8.31. The molecule has 0 aromatic heterocycles. The molecule has 0 amide bonds. The minimum atomic E-state index is -3.66. The topological polar surface area (TPSA) is 49.3 Å². The number of alkyl halides is 2. The molecule has 0 bridgehead atoms. The van der Waals surface area contributed by atoms with Gasteiger partial charge in [-0.2, -0.15) is 8.78 Å². The fraction of sp³-hybridized carbons (Fsp3) is 0.889. The van der Waals surface area contributed by atoms with Crippen molar-refractivity contribution in [2.24, 2.45) is 5.41 Å². The Kier molecular flexibility index (Phi) is 2.81. The van der Waals surface area contributed by atoms with Crippen LogP contribution in [0.5, 0.6) is 0 Å². The SMILES string of the molecule is CC1(C)CCC1NCC(F)(F)C(=O)O. The van der Waals surface area contributed by atoms with E-state index in [1.165, 1.54) is 0 Å². The first-order valence-electron chi connectivity index (χ1n) is 4.60. The highest BCUT2D eigenvalue weighted by Crippen LogP contribution is 2.40. The second kappa shape index (κ2) is 3.46. The number of carboxylic acid groups (broad SMARTS) is 1. The molecule has 14 heavy (non-hydrogen) atoms. The van der Waals surface area contributed by atoms with Crippen molar-refractivity contribution in [1.29, 1.82) is 0 Å². The molecule has 0 spiro atoms. The van der Waals surface area contributed by atoms with E-state index in [0.29, 0.717) is 0 Å². The molecule has 5 heteroatoms. The molecule has 1 rings (SSSR count). The van der Waals surface area contributed by atoms with E-state index in [1.54, 1.807) is 0 Å². The van der Waals surface area contributed by atoms with Gasteiger partial charge in [0.05, 0.1) is 6.54 Å². The summed E-state index contributed by atoms with van der Waals surface area (Å²) in [6.45, 7) is 3.18. The average Bonchev–Trinajstić information content (AvgIpc) is 2.02. The maximum Gasteiger partial charge on any atom is 0.375 e. The first-order chi connectivity index (χ1) is 6.26. The lowest BCUT2D eigenvalue weighted by atomic mass is 9.67. The van der Waals surface area contributed by atoms with Gasteiger partial charge in [-0.3, -0.25) is 0 Å². The number of hydrogen-bond donors (Lipinski definition) is 2. The van der Waals surface area contributed by atoms with E-state index in [9.17, 15) is 13.6 Å². The second-order valence-electron chi connectivity index (χ2n) is 4.47. The van der Waals surface area contributed by atoms with Gasteiger partial charge in [0.15, 0.2) is 0 Å². The van der Waals surface area contributed by atoms with Gasteiger partial charge in [-0.1, -0.05) is 13.8 Å². The van der Waals surface area contributed by atoms with Gasteiger partial charge >= 0.3 is 11.9 Å². The molecule has 82 valence electrons. The maximum absolute atomic E-state index is 12.7. The molecule has 1 atom stereocenters. The molecule has 0 aromatic carbocycles. The quantitative estimate of drug-likeness (QED) is 0.734. The van der Waals surface area contributed by atoms with Crippen molar-refractivity contribution in [1.82, 2.24) is 5.32 Å². The maximum atomic E-state index is 12.7. The third kappa shape index (κ3) is 2.20. The number of halogens is 2. The summed E-state index contributed by atoms with van der Waals surface area (Å²) in [5.74, 6) is -5.73. The standard InChI is InChI=1S/C9H15F2NO2/c1-8(2)4-3-6(8)12-5-9(10,11)7(13)14/h6,12H,3-5H2,1-2H3,(H,13,14). The lowest BCUT2D eigenvalue weighted by molar-refractivity contribution is -0.164. The predicted molar refractivity (Wildman–Crippen MR) is 47.4 cm³/mol. The highest BCUT2D eigenvalue weighted by Gasteiger charge is 2.43. The van der Waals surface area contributed by atoms with Gasteiger partial charge in [-0.05, 0) is 18.3 Å². The van der Waals surface area contributed by atoms with Crippen LogP contribution >= 0.6 is 0 Å². The van der Waals surface area contributed by atoms with Crippen LogP contribution in [0.25, 0.3) is 0 Å². The van der Waals surface area contributed by atoms with E-state index >= 15 is 0 Å². The Balaban J connectivity index is 2.38. The van der Waals surface area contributed by atoms with E-state index in [-0.39, 0.29) is 11.5 Å². The Hall–Kier alpha value is -0.710. The average molecular weight is 207 g/mol. The summed E-state index contributed by atoms with van der Waals surface area (Å²) in [5.41, 5.74) is 0.00852. The summed E-state index contributed by atoms with van der Waals surface area (Å²) in [6, 6.07) is 0.00715. The number of carboxylic acids is 1. The van der Waals surface area contributed by atoms with Crippen molar-refractivity contribution >= 4 is 5.97 Å². The van der Waals surface area contributed by atoms with Crippen molar-refractivity contribution in [3.8, 4) is 0 Å². The van der Waals surface area contributed by atoms with Crippen molar-refractivity contribution < 1.29 is 18.7 Å². The molecule has 0 aliphatic heterocycles. The lowest BCUT2D eigenvalue weighted by Crippen LogP contribution is -2.54. The van der Waals surface area contributed by atoms with Gasteiger partial charge in [0.2, 0.25) is 0 Å². The zero-order valence-electron chi connectivity index (χ0n) is 8.31. The van der Waals surface area contributed by atoms with Crippen LogP contribution in [0.4, 0.5) is 8.78 Å². The summed E-state index contributed by atoms with van der Waals surface area (Å²) in [7, 11) is 0. The van der Waals surface area contributed by atoms with Crippen molar-refractivity contribution in [2.75, 3.05) is 6.54 Å². The largest absolute Gasteiger partial charge is 0.477 e. The number of hydrogen-bond acceptors (Lipinski definition) is 2. The van der Waals surface area contributed by atoms with Crippen LogP contribution in [0.2, 0.25) is 0 Å². The molecule has 1 aliphatic rings. The van der Waals surface area contributed by atoms with E-state index in [4.69, 9.17) is 5.11 Å². The van der Waals surface area contributed by atoms with Crippen LogP contribution < -0.4 is 5.32 Å². The Morgan fingerprint density at radius 1 is 1.64 bits per heavy atom. The number of carbonyl (C=O) groups is 1. The Bertz CT molecular complexity index is 241. The van der Waals surface area contributed by atoms with Crippen molar-refractivity contribution in [2.45, 2.75) is 38.7 Å². The monoisotopic (exact) mass is 207 g/mol. The smallest absolute Gasteiger partial charge is 0.375 e. The van der Waals surface area contributed by atoms with Gasteiger partial charge < -0.3 is 10.4 Å². The molecular formula is C9H15F2NO2. The number of rotatable bonds is 4. The van der Waals surface area contributed by atoms with Crippen LogP contribution in [0.1, 0.15) is 26.7 Å². The summed E-state index contributed by atoms with van der Waals surface area (Å²) >= 11 is 0. The fourth-order valence-corrected chi connectivity index (χ4v) is 1.57. The summed E-state index contributed by atoms with van der Waals surface area (Å²) < 4.78 is 25.3. The Morgan fingerprint density at radius 2 is 2.21 bits per heavy atom. The van der Waals surface area contributed by atoms with Gasteiger partial charge in [0.1, 0.15) is 0 Å². The van der Waals surface area contributed by atoms with E-state index in [1.807, 2.05) is 13.8 Å². The fourth-order valence-electron chi connectivity index (χ4n) is 1.57. The third-order valence-corrected chi connectivity index (χ3v) is 2.90. The van der Waals surface area contributed by atoms with Crippen LogP contribution in [-0.4, -0.2) is 29.6 Å². The van der Waals surface area contributed by atoms with Gasteiger partial charge in [0.25, 0.3) is 0 Å². The summed E-state index contributed by atoms with van der Waals surface area (Å²) in [4.78, 5) is 10.1. The van der Waals surface area contributed by atoms with Gasteiger partial charge in [0, 0.05) is 6.04 Å². The van der Waals surface area contributed by atoms with E-state index in [0.717, 1.165) is 12.8 Å². The zero-order chi connectivity index (χ0) is 11.0. The molecule has 1 unspecified atom stereocenters. The van der Waals surface area contributed by atoms with Crippen LogP contribution in [0, 0.1) is 5.41 Å². The molecular weight excluding hydrogens is 192 g/mol. The van der Waals surface area contributed by atoms with Crippen LogP contribution in [0.3, 0.4) is 0 Å². The Morgan fingerprint density at radius 3 is 2.50 bits per heavy atom. The summed E-state index contributed by atoms with van der Waals surface area (Å²) in [6.07, 6.45) is 1.83. The molecule has 1 saturated carbocycles. The van der Waals surface area contributed by atoms with Crippen molar-refractivity contribution in [3.05, 3.63) is 0 Å². The van der Waals surface area contributed by atoms with Gasteiger partial charge in [-0.25, -0.2) is 4.79 Å². The molecule has 0 aromatic rings. The molecule has 0 radical (unpaired) electrons. The number of nitrogens with one attached hydrogen (secondary N) is 1. The molecule has 1 fully saturated rings. The van der Waals surface area contributed by atoms with Crippen molar-refractivity contribution in [3.63, 3.8) is 0 Å². The lowest BCUT2D eigenvalue weighted by Gasteiger charge is -2.45. The highest BCUT2D eigenvalue weighted by atomic mass is 19.3. The first-order valence-corrected chi connectivity index (χ1v) is 4.60. The van der Waals surface area contributed by atoms with Crippen LogP contribution in [0.15, 0.2) is 0 Å². The first kappa shape index (κ1) is 11.4. The highest BCUT2D eigenvalue weighted by molar-refractivity contribution is 5.75. The van der Waals surface area contributed by atoms with Gasteiger partial charge in [-0.15, -0.1) is 0 Å². The number of aliphatic carboxylic acids is 1. The molecule has 3 nitrogen and oxygen atoms in total. The third-order valence-electron chi connectivity index (χ3n) is 2.90. The molecule has 1 aliphatic carbocycles. The minimum Gasteiger partial charge on any atom is -0.477 e. The molecule has 2 N–H and O–H groups in total. The second-order valence-corrected chi connectivity index (χ2v) is 4.47. The minimum absolute atomic E-state index is 0.00715. The van der Waals surface area contributed by atoms with Crippen LogP contribution in [-0.2, 0) is 4.79 Å². The van der Waals surface area contributed by atoms with E-state index in [2.05, 4.69) is 5.32 Å². The molecule has 0 heterocycles. The Labute approximate surface area is 81.5 Å². The summed E-state index contributed by atoms with van der Waals surface area (Å²) in [5, 5.41) is 10.8. The predicted octanol–water partition coefficient (Wildman–Crippen LogP) is 1.48. The van der Waals surface area contributed by atoms with E-state index < -0.39 is 18.4 Å². The normalized spacial score (nSPS) is 25.6. The molecule has 0 saturated heterocycles.